The van der Waals surface area contributed by atoms with Gasteiger partial charge in [0.05, 0.1) is 10.6 Å². The van der Waals surface area contributed by atoms with Gasteiger partial charge < -0.3 is 5.32 Å². The minimum Gasteiger partial charge on any atom is -0.352 e. The Hall–Kier alpha value is -1.58. The molecule has 0 saturated heterocycles. The molecule has 1 N–H and O–H groups in total. The van der Waals surface area contributed by atoms with Crippen molar-refractivity contribution < 1.29 is 4.79 Å². The van der Waals surface area contributed by atoms with E-state index in [1.165, 1.54) is 16.3 Å². The summed E-state index contributed by atoms with van der Waals surface area (Å²) in [5, 5.41) is 5.55. The van der Waals surface area contributed by atoms with Crippen LogP contribution in [0.5, 0.6) is 0 Å². The summed E-state index contributed by atoms with van der Waals surface area (Å²) in [5.74, 6) is -0.102. The molecular formula is C17H18ClNOSi. The van der Waals surface area contributed by atoms with Gasteiger partial charge in [-0.1, -0.05) is 58.2 Å². The van der Waals surface area contributed by atoms with E-state index in [4.69, 9.17) is 11.6 Å². The van der Waals surface area contributed by atoms with Crippen LogP contribution in [0, 0.1) is 13.8 Å². The quantitative estimate of drug-likeness (QED) is 0.862. The van der Waals surface area contributed by atoms with E-state index in [2.05, 4.69) is 37.4 Å². The van der Waals surface area contributed by atoms with Crippen molar-refractivity contribution in [2.24, 2.45) is 0 Å². The average molecular weight is 316 g/mol. The molecule has 0 aliphatic carbocycles. The first-order valence-corrected chi connectivity index (χ1v) is 8.31. The highest BCUT2D eigenvalue weighted by Gasteiger charge is 2.15. The van der Waals surface area contributed by atoms with Gasteiger partial charge in [0.25, 0.3) is 5.91 Å². The van der Waals surface area contributed by atoms with Crippen molar-refractivity contribution in [3.8, 4) is 0 Å². The molecule has 2 nitrogen and oxygen atoms in total. The summed E-state index contributed by atoms with van der Waals surface area (Å²) in [5.41, 5.74) is 3.07. The fourth-order valence-electron chi connectivity index (χ4n) is 2.31. The van der Waals surface area contributed by atoms with Crippen LogP contribution >= 0.6 is 11.6 Å². The first-order chi connectivity index (χ1) is 10.0. The summed E-state index contributed by atoms with van der Waals surface area (Å²) >= 11 is 6.23. The summed E-state index contributed by atoms with van der Waals surface area (Å²) in [6.07, 6.45) is 0. The molecule has 2 aromatic carbocycles. The lowest BCUT2D eigenvalue weighted by atomic mass is 10.2. The van der Waals surface area contributed by atoms with E-state index in [0.717, 1.165) is 5.19 Å². The maximum Gasteiger partial charge on any atom is 0.252 e. The molecule has 0 bridgehead atoms. The highest BCUT2D eigenvalue weighted by Crippen LogP contribution is 2.13. The number of carbonyl (C=O) groups excluding carboxylic acids is 1. The minimum atomic E-state index is -0.102. The molecule has 1 amide bonds. The van der Waals surface area contributed by atoms with Crippen LogP contribution in [-0.4, -0.2) is 22.0 Å². The molecular weight excluding hydrogens is 298 g/mol. The van der Waals surface area contributed by atoms with Gasteiger partial charge >= 0.3 is 0 Å². The van der Waals surface area contributed by atoms with Crippen LogP contribution < -0.4 is 15.7 Å². The van der Waals surface area contributed by atoms with Crippen LogP contribution in [0.2, 0.25) is 5.02 Å². The number of amides is 1. The molecule has 0 fully saturated rings. The second-order valence-electron chi connectivity index (χ2n) is 5.02. The molecule has 0 spiro atoms. The number of aryl methyl sites for hydroxylation is 2. The Labute approximate surface area is 133 Å². The molecule has 108 valence electrons. The van der Waals surface area contributed by atoms with Gasteiger partial charge in [0.15, 0.2) is 0 Å². The standard InChI is InChI=1S/C17H18ClNOSi/c1-4-19-17(20)16-14(18)6-5-7-15(16)21-13-9-11(2)8-12(3)10-13/h5-10H,4H2,1-3H3,(H,19,20). The molecule has 0 atom stereocenters. The Bertz CT molecular complexity index is 650. The van der Waals surface area contributed by atoms with Gasteiger partial charge in [0.1, 0.15) is 9.52 Å². The van der Waals surface area contributed by atoms with Crippen LogP contribution in [0.25, 0.3) is 0 Å². The number of carbonyl (C=O) groups is 1. The second kappa shape index (κ2) is 6.92. The highest BCUT2D eigenvalue weighted by molar-refractivity contribution is 6.69. The lowest BCUT2D eigenvalue weighted by molar-refractivity contribution is 0.0957. The fraction of sp³-hybridized carbons (Fsp3) is 0.235. The van der Waals surface area contributed by atoms with E-state index >= 15 is 0 Å². The van der Waals surface area contributed by atoms with Gasteiger partial charge in [-0.15, -0.1) is 0 Å². The predicted molar refractivity (Wildman–Crippen MR) is 90.4 cm³/mol. The monoisotopic (exact) mass is 315 g/mol. The van der Waals surface area contributed by atoms with Crippen molar-refractivity contribution in [3.05, 3.63) is 58.1 Å². The molecule has 21 heavy (non-hydrogen) atoms. The van der Waals surface area contributed by atoms with Gasteiger partial charge in [0, 0.05) is 6.54 Å². The Morgan fingerprint density at radius 2 is 1.86 bits per heavy atom. The van der Waals surface area contributed by atoms with Gasteiger partial charge in [0.2, 0.25) is 0 Å². The molecule has 0 heterocycles. The van der Waals surface area contributed by atoms with Gasteiger partial charge in [-0.05, 0) is 32.0 Å². The third-order valence-electron chi connectivity index (χ3n) is 3.08. The van der Waals surface area contributed by atoms with E-state index in [9.17, 15) is 4.79 Å². The molecule has 0 aliphatic rings. The zero-order valence-electron chi connectivity index (χ0n) is 12.5. The SMILES string of the molecule is CCNC(=O)c1c(Cl)cccc1[Si]c1cc(C)cc(C)c1. The molecule has 0 saturated carbocycles. The number of nitrogens with one attached hydrogen (secondary N) is 1. The van der Waals surface area contributed by atoms with Crippen LogP contribution in [0.3, 0.4) is 0 Å². The zero-order valence-corrected chi connectivity index (χ0v) is 14.2. The van der Waals surface area contributed by atoms with Gasteiger partial charge in [-0.25, -0.2) is 0 Å². The summed E-state index contributed by atoms with van der Waals surface area (Å²) in [7, 11) is 0.417. The van der Waals surface area contributed by atoms with Crippen molar-refractivity contribution in [2.45, 2.75) is 20.8 Å². The summed E-state index contributed by atoms with van der Waals surface area (Å²) < 4.78 is 0. The first kappa shape index (κ1) is 15.8. The van der Waals surface area contributed by atoms with Crippen molar-refractivity contribution in [1.29, 1.82) is 0 Å². The Kier molecular flexibility index (Phi) is 5.20. The normalized spacial score (nSPS) is 10.5. The lowest BCUT2D eigenvalue weighted by Crippen LogP contribution is -2.36. The van der Waals surface area contributed by atoms with E-state index in [1.807, 2.05) is 19.1 Å². The van der Waals surface area contributed by atoms with Crippen LogP contribution in [-0.2, 0) is 0 Å². The number of rotatable bonds is 4. The van der Waals surface area contributed by atoms with Crippen LogP contribution in [0.15, 0.2) is 36.4 Å². The average Bonchev–Trinajstić information content (AvgIpc) is 2.37. The van der Waals surface area contributed by atoms with Crippen molar-refractivity contribution >= 4 is 37.4 Å². The maximum absolute atomic E-state index is 12.2. The van der Waals surface area contributed by atoms with Crippen molar-refractivity contribution in [3.63, 3.8) is 0 Å². The maximum atomic E-state index is 12.2. The molecule has 2 aromatic rings. The molecule has 4 heteroatoms. The number of benzene rings is 2. The van der Waals surface area contributed by atoms with E-state index < -0.39 is 0 Å². The largest absolute Gasteiger partial charge is 0.352 e. The van der Waals surface area contributed by atoms with Crippen LogP contribution in [0.1, 0.15) is 28.4 Å². The second-order valence-corrected chi connectivity index (χ2v) is 6.80. The van der Waals surface area contributed by atoms with E-state index in [0.29, 0.717) is 26.7 Å². The van der Waals surface area contributed by atoms with E-state index in [1.54, 1.807) is 6.07 Å². The Morgan fingerprint density at radius 1 is 1.19 bits per heavy atom. The van der Waals surface area contributed by atoms with Crippen LogP contribution in [0.4, 0.5) is 0 Å². The summed E-state index contributed by atoms with van der Waals surface area (Å²) in [4.78, 5) is 12.2. The lowest BCUT2D eigenvalue weighted by Gasteiger charge is -2.11. The first-order valence-electron chi connectivity index (χ1n) is 6.93. The number of hydrogen-bond donors (Lipinski definition) is 1. The third kappa shape index (κ3) is 3.96. The minimum absolute atomic E-state index is 0.102. The Morgan fingerprint density at radius 3 is 2.48 bits per heavy atom. The van der Waals surface area contributed by atoms with Crippen molar-refractivity contribution in [1.82, 2.24) is 5.32 Å². The molecule has 2 radical (unpaired) electrons. The Balaban J connectivity index is 2.39. The van der Waals surface area contributed by atoms with Gasteiger partial charge in [-0.2, -0.15) is 0 Å². The molecule has 2 rings (SSSR count). The molecule has 0 aromatic heterocycles. The topological polar surface area (TPSA) is 29.1 Å². The number of hydrogen-bond acceptors (Lipinski definition) is 1. The predicted octanol–water partition coefficient (Wildman–Crippen LogP) is 2.36. The molecule has 0 unspecified atom stereocenters. The van der Waals surface area contributed by atoms with Crippen molar-refractivity contribution in [2.75, 3.05) is 6.54 Å². The summed E-state index contributed by atoms with van der Waals surface area (Å²) in [6, 6.07) is 12.1. The fourth-order valence-corrected chi connectivity index (χ4v) is 4.11. The smallest absolute Gasteiger partial charge is 0.252 e. The van der Waals surface area contributed by atoms with Gasteiger partial charge in [-0.3, -0.25) is 4.79 Å². The number of halogens is 1. The summed E-state index contributed by atoms with van der Waals surface area (Å²) in [6.45, 7) is 6.67. The zero-order chi connectivity index (χ0) is 15.4. The third-order valence-corrected chi connectivity index (χ3v) is 4.66. The molecule has 0 aliphatic heterocycles. The highest BCUT2D eigenvalue weighted by atomic mass is 35.5. The van der Waals surface area contributed by atoms with E-state index in [-0.39, 0.29) is 5.91 Å².